The Morgan fingerprint density at radius 3 is 2.52 bits per heavy atom. The number of nitrogens with zero attached hydrogens (tertiary/aromatic N) is 1. The Morgan fingerprint density at radius 2 is 1.85 bits per heavy atom. The molecule has 1 saturated heterocycles. The molecule has 27 heavy (non-hydrogen) atoms. The Bertz CT molecular complexity index is 792. The molecule has 1 fully saturated rings. The number of amides is 1. The van der Waals surface area contributed by atoms with E-state index in [0.717, 1.165) is 17.7 Å². The van der Waals surface area contributed by atoms with Crippen LogP contribution in [0.25, 0.3) is 0 Å². The van der Waals surface area contributed by atoms with Gasteiger partial charge in [-0.2, -0.15) is 13.2 Å². The first-order valence-electron chi connectivity index (χ1n) is 9.01. The predicted molar refractivity (Wildman–Crippen MR) is 98.2 cm³/mol. The minimum absolute atomic E-state index is 0.0752. The lowest BCUT2D eigenvalue weighted by Gasteiger charge is -2.20. The summed E-state index contributed by atoms with van der Waals surface area (Å²) in [5.74, 6) is -0.292. The highest BCUT2D eigenvalue weighted by molar-refractivity contribution is 5.77. The largest absolute Gasteiger partial charge is 0.416 e. The first-order valence-corrected chi connectivity index (χ1v) is 9.01. The molecule has 3 atom stereocenters. The van der Waals surface area contributed by atoms with Gasteiger partial charge in [0.2, 0.25) is 5.91 Å². The first kappa shape index (κ1) is 19.4. The molecule has 2 aromatic carbocycles. The van der Waals surface area contributed by atoms with Crippen molar-refractivity contribution in [1.29, 1.82) is 0 Å². The number of alkyl halides is 3. The maximum absolute atomic E-state index is 12.9. The van der Waals surface area contributed by atoms with E-state index in [2.05, 4.69) is 0 Å². The van der Waals surface area contributed by atoms with Gasteiger partial charge in [0.25, 0.3) is 0 Å². The quantitative estimate of drug-likeness (QED) is 0.871. The molecule has 0 aromatic heterocycles. The molecule has 0 saturated carbocycles. The van der Waals surface area contributed by atoms with Gasteiger partial charge in [0.1, 0.15) is 0 Å². The van der Waals surface area contributed by atoms with E-state index >= 15 is 0 Å². The van der Waals surface area contributed by atoms with Crippen molar-refractivity contribution in [2.75, 3.05) is 13.1 Å². The topological polar surface area (TPSA) is 46.3 Å². The van der Waals surface area contributed by atoms with Gasteiger partial charge in [0.15, 0.2) is 0 Å². The minimum Gasteiger partial charge on any atom is -0.340 e. The van der Waals surface area contributed by atoms with Crippen LogP contribution in [0, 0.1) is 0 Å². The Labute approximate surface area is 157 Å². The van der Waals surface area contributed by atoms with Gasteiger partial charge in [-0.15, -0.1) is 0 Å². The molecule has 3 nitrogen and oxygen atoms in total. The maximum atomic E-state index is 12.9. The summed E-state index contributed by atoms with van der Waals surface area (Å²) < 4.78 is 38.7. The monoisotopic (exact) mass is 376 g/mol. The molecular weight excluding hydrogens is 353 g/mol. The van der Waals surface area contributed by atoms with Crippen LogP contribution in [0.5, 0.6) is 0 Å². The van der Waals surface area contributed by atoms with Crippen molar-refractivity contribution in [1.82, 2.24) is 4.90 Å². The standard InChI is InChI=1S/C21H23F3N2O/c1-14(16-8-5-9-17(11-16)21(22,23)24)10-20(27)26-12-18(19(25)13-26)15-6-3-2-4-7-15/h2-9,11,14,18-19H,10,12-13,25H2,1H3/t14?,18-,19+/m0/s1. The van der Waals surface area contributed by atoms with Gasteiger partial charge < -0.3 is 10.6 Å². The summed E-state index contributed by atoms with van der Waals surface area (Å²) in [4.78, 5) is 14.4. The molecule has 0 radical (unpaired) electrons. The summed E-state index contributed by atoms with van der Waals surface area (Å²) in [7, 11) is 0. The van der Waals surface area contributed by atoms with E-state index in [-0.39, 0.29) is 30.2 Å². The molecule has 1 heterocycles. The third-order valence-corrected chi connectivity index (χ3v) is 5.21. The molecule has 1 aliphatic heterocycles. The van der Waals surface area contributed by atoms with Crippen LogP contribution in [0.1, 0.15) is 41.9 Å². The molecule has 2 aromatic rings. The highest BCUT2D eigenvalue weighted by Crippen LogP contribution is 2.32. The van der Waals surface area contributed by atoms with Crippen LogP contribution in [0.15, 0.2) is 54.6 Å². The van der Waals surface area contributed by atoms with Crippen LogP contribution < -0.4 is 5.73 Å². The van der Waals surface area contributed by atoms with Gasteiger partial charge >= 0.3 is 6.18 Å². The summed E-state index contributed by atoms with van der Waals surface area (Å²) in [6.45, 7) is 2.78. The Hall–Kier alpha value is -2.34. The lowest BCUT2D eigenvalue weighted by Crippen LogP contribution is -2.32. The molecule has 2 N–H and O–H groups in total. The van der Waals surface area contributed by atoms with Crippen LogP contribution in [-0.2, 0) is 11.0 Å². The van der Waals surface area contributed by atoms with Crippen LogP contribution in [0.4, 0.5) is 13.2 Å². The van der Waals surface area contributed by atoms with E-state index in [0.29, 0.717) is 18.7 Å². The molecule has 1 aliphatic rings. The number of nitrogens with two attached hydrogens (primary N) is 1. The zero-order valence-corrected chi connectivity index (χ0v) is 15.1. The Kier molecular flexibility index (Phi) is 5.56. The van der Waals surface area contributed by atoms with E-state index in [4.69, 9.17) is 5.73 Å². The smallest absolute Gasteiger partial charge is 0.340 e. The lowest BCUT2D eigenvalue weighted by molar-refractivity contribution is -0.137. The zero-order valence-electron chi connectivity index (χ0n) is 15.1. The number of carbonyl (C=O) groups is 1. The van der Waals surface area contributed by atoms with Gasteiger partial charge in [0.05, 0.1) is 5.56 Å². The van der Waals surface area contributed by atoms with Crippen LogP contribution in [0.2, 0.25) is 0 Å². The number of benzene rings is 2. The molecule has 0 spiro atoms. The van der Waals surface area contributed by atoms with Crippen molar-refractivity contribution >= 4 is 5.91 Å². The third kappa shape index (κ3) is 4.50. The molecule has 0 aliphatic carbocycles. The van der Waals surface area contributed by atoms with E-state index in [9.17, 15) is 18.0 Å². The highest BCUT2D eigenvalue weighted by Gasteiger charge is 2.34. The van der Waals surface area contributed by atoms with Gasteiger partial charge in [-0.25, -0.2) is 0 Å². The van der Waals surface area contributed by atoms with Gasteiger partial charge in [-0.05, 0) is 23.1 Å². The predicted octanol–water partition coefficient (Wildman–Crippen LogP) is 4.15. The van der Waals surface area contributed by atoms with Crippen molar-refractivity contribution in [3.8, 4) is 0 Å². The van der Waals surface area contributed by atoms with Crippen molar-refractivity contribution in [3.05, 3.63) is 71.3 Å². The number of hydrogen-bond donors (Lipinski definition) is 1. The van der Waals surface area contributed by atoms with Crippen molar-refractivity contribution in [3.63, 3.8) is 0 Å². The second-order valence-corrected chi connectivity index (χ2v) is 7.21. The molecule has 144 valence electrons. The summed E-state index contributed by atoms with van der Waals surface area (Å²) in [6.07, 6.45) is -4.22. The van der Waals surface area contributed by atoms with E-state index in [1.165, 1.54) is 6.07 Å². The number of carbonyl (C=O) groups excluding carboxylic acids is 1. The fourth-order valence-electron chi connectivity index (χ4n) is 3.62. The minimum atomic E-state index is -4.38. The molecule has 0 bridgehead atoms. The molecule has 1 amide bonds. The fourth-order valence-corrected chi connectivity index (χ4v) is 3.62. The maximum Gasteiger partial charge on any atom is 0.416 e. The van der Waals surface area contributed by atoms with Crippen LogP contribution in [0.3, 0.4) is 0 Å². The van der Waals surface area contributed by atoms with E-state index < -0.39 is 11.7 Å². The Balaban J connectivity index is 1.66. The summed E-state index contributed by atoms with van der Waals surface area (Å²) >= 11 is 0. The number of rotatable bonds is 4. The van der Waals surface area contributed by atoms with Gasteiger partial charge in [0, 0.05) is 31.5 Å². The average Bonchev–Trinajstić information content (AvgIpc) is 3.04. The SMILES string of the molecule is CC(CC(=O)N1C[C@@H](N)[C@H](c2ccccc2)C1)c1cccc(C(F)(F)F)c1. The summed E-state index contributed by atoms with van der Waals surface area (Å²) in [5.41, 5.74) is 7.16. The summed E-state index contributed by atoms with van der Waals surface area (Å²) in [5, 5.41) is 0. The van der Waals surface area contributed by atoms with E-state index in [1.807, 2.05) is 30.3 Å². The third-order valence-electron chi connectivity index (χ3n) is 5.21. The second kappa shape index (κ2) is 7.72. The molecular formula is C21H23F3N2O. The lowest BCUT2D eigenvalue weighted by atomic mass is 9.95. The second-order valence-electron chi connectivity index (χ2n) is 7.21. The summed E-state index contributed by atoms with van der Waals surface area (Å²) in [6, 6.07) is 14.9. The number of likely N-dealkylation sites (tertiary alicyclic amines) is 1. The van der Waals surface area contributed by atoms with Crippen molar-refractivity contribution < 1.29 is 18.0 Å². The molecule has 3 rings (SSSR count). The highest BCUT2D eigenvalue weighted by atomic mass is 19.4. The number of hydrogen-bond acceptors (Lipinski definition) is 2. The molecule has 6 heteroatoms. The number of halogens is 3. The average molecular weight is 376 g/mol. The van der Waals surface area contributed by atoms with Gasteiger partial charge in [-0.1, -0.05) is 55.5 Å². The molecule has 1 unspecified atom stereocenters. The normalized spacial score (nSPS) is 21.3. The van der Waals surface area contributed by atoms with Crippen molar-refractivity contribution in [2.24, 2.45) is 5.73 Å². The van der Waals surface area contributed by atoms with Crippen LogP contribution in [-0.4, -0.2) is 29.9 Å². The van der Waals surface area contributed by atoms with E-state index in [1.54, 1.807) is 17.9 Å². The first-order chi connectivity index (χ1) is 12.8. The van der Waals surface area contributed by atoms with Gasteiger partial charge in [-0.3, -0.25) is 4.79 Å². The Morgan fingerprint density at radius 1 is 1.15 bits per heavy atom. The zero-order chi connectivity index (χ0) is 19.6. The fraction of sp³-hybridized carbons (Fsp3) is 0.381. The van der Waals surface area contributed by atoms with Crippen molar-refractivity contribution in [2.45, 2.75) is 37.4 Å². The van der Waals surface area contributed by atoms with Crippen LogP contribution >= 0.6 is 0 Å².